The molecule has 2 aliphatic rings. The SMILES string of the molecule is COc1ccc(C(CNC(=O)c2n[nH]c3c2CCCC3)N2CCOCC2)cc1. The van der Waals surface area contributed by atoms with Crippen LogP contribution in [0.5, 0.6) is 5.75 Å². The van der Waals surface area contributed by atoms with Crippen molar-refractivity contribution in [2.24, 2.45) is 0 Å². The minimum Gasteiger partial charge on any atom is -0.497 e. The zero-order chi connectivity index (χ0) is 19.3. The van der Waals surface area contributed by atoms with Crippen LogP contribution < -0.4 is 10.1 Å². The molecule has 2 heterocycles. The van der Waals surface area contributed by atoms with Crippen LogP contribution in [0.25, 0.3) is 0 Å². The Balaban J connectivity index is 1.48. The predicted molar refractivity (Wildman–Crippen MR) is 106 cm³/mol. The number of benzene rings is 1. The van der Waals surface area contributed by atoms with Gasteiger partial charge in [-0.2, -0.15) is 5.10 Å². The number of methoxy groups -OCH3 is 1. The summed E-state index contributed by atoms with van der Waals surface area (Å²) in [5, 5.41) is 10.5. The van der Waals surface area contributed by atoms with E-state index in [0.29, 0.717) is 25.5 Å². The highest BCUT2D eigenvalue weighted by Gasteiger charge is 2.26. The number of hydrogen-bond donors (Lipinski definition) is 2. The van der Waals surface area contributed by atoms with Crippen molar-refractivity contribution >= 4 is 5.91 Å². The van der Waals surface area contributed by atoms with E-state index in [1.54, 1.807) is 7.11 Å². The molecule has 0 spiro atoms. The Morgan fingerprint density at radius 3 is 2.75 bits per heavy atom. The molecule has 150 valence electrons. The van der Waals surface area contributed by atoms with Crippen LogP contribution in [0.4, 0.5) is 0 Å². The van der Waals surface area contributed by atoms with Crippen LogP contribution in [0.3, 0.4) is 0 Å². The second kappa shape index (κ2) is 8.75. The summed E-state index contributed by atoms with van der Waals surface area (Å²) >= 11 is 0. The van der Waals surface area contributed by atoms with Crippen LogP contribution in [0.2, 0.25) is 0 Å². The van der Waals surface area contributed by atoms with Crippen LogP contribution in [-0.2, 0) is 17.6 Å². The van der Waals surface area contributed by atoms with Crippen LogP contribution >= 0.6 is 0 Å². The number of nitrogens with zero attached hydrogens (tertiary/aromatic N) is 2. The summed E-state index contributed by atoms with van der Waals surface area (Å²) < 4.78 is 10.8. The monoisotopic (exact) mass is 384 g/mol. The van der Waals surface area contributed by atoms with Crippen molar-refractivity contribution in [2.45, 2.75) is 31.7 Å². The molecule has 1 amide bonds. The van der Waals surface area contributed by atoms with E-state index < -0.39 is 0 Å². The smallest absolute Gasteiger partial charge is 0.272 e. The molecule has 0 radical (unpaired) electrons. The van der Waals surface area contributed by atoms with Gasteiger partial charge in [-0.05, 0) is 43.4 Å². The third-order valence-corrected chi connectivity index (χ3v) is 5.71. The highest BCUT2D eigenvalue weighted by Crippen LogP contribution is 2.25. The van der Waals surface area contributed by atoms with Crippen molar-refractivity contribution in [3.05, 3.63) is 46.8 Å². The molecular weight excluding hydrogens is 356 g/mol. The number of aromatic nitrogens is 2. The first-order chi connectivity index (χ1) is 13.8. The number of H-pyrrole nitrogens is 1. The molecule has 1 saturated heterocycles. The average Bonchev–Trinajstić information content (AvgIpc) is 3.19. The Morgan fingerprint density at radius 1 is 1.25 bits per heavy atom. The molecule has 1 aliphatic carbocycles. The van der Waals surface area contributed by atoms with Crippen LogP contribution in [0, 0.1) is 0 Å². The van der Waals surface area contributed by atoms with Gasteiger partial charge in [0, 0.05) is 30.9 Å². The largest absolute Gasteiger partial charge is 0.497 e. The zero-order valence-electron chi connectivity index (χ0n) is 16.4. The first-order valence-corrected chi connectivity index (χ1v) is 10.1. The fraction of sp³-hybridized carbons (Fsp3) is 0.524. The molecular formula is C21H28N4O3. The number of carbonyl (C=O) groups is 1. The second-order valence-corrected chi connectivity index (χ2v) is 7.38. The number of aromatic amines is 1. The normalized spacial score (nSPS) is 18.3. The van der Waals surface area contributed by atoms with E-state index in [1.807, 2.05) is 12.1 Å². The van der Waals surface area contributed by atoms with Gasteiger partial charge < -0.3 is 14.8 Å². The summed E-state index contributed by atoms with van der Waals surface area (Å²) in [6.07, 6.45) is 4.19. The molecule has 0 saturated carbocycles. The quantitative estimate of drug-likeness (QED) is 0.797. The molecule has 1 atom stereocenters. The number of fused-ring (bicyclic) bond motifs is 1. The fourth-order valence-electron chi connectivity index (χ4n) is 4.11. The molecule has 2 N–H and O–H groups in total. The summed E-state index contributed by atoms with van der Waals surface area (Å²) in [4.78, 5) is 15.2. The van der Waals surface area contributed by atoms with E-state index in [9.17, 15) is 4.79 Å². The lowest BCUT2D eigenvalue weighted by atomic mass is 9.95. The minimum absolute atomic E-state index is 0.0912. The third kappa shape index (κ3) is 4.05. The third-order valence-electron chi connectivity index (χ3n) is 5.71. The van der Waals surface area contributed by atoms with Gasteiger partial charge in [0.15, 0.2) is 5.69 Å². The molecule has 1 aliphatic heterocycles. The summed E-state index contributed by atoms with van der Waals surface area (Å²) in [5.41, 5.74) is 3.93. The molecule has 7 nitrogen and oxygen atoms in total. The average molecular weight is 384 g/mol. The predicted octanol–water partition coefficient (Wildman–Crippen LogP) is 2.10. The Kier molecular flexibility index (Phi) is 5.92. The van der Waals surface area contributed by atoms with Crippen molar-refractivity contribution in [3.8, 4) is 5.75 Å². The second-order valence-electron chi connectivity index (χ2n) is 7.38. The number of aryl methyl sites for hydroxylation is 1. The van der Waals surface area contributed by atoms with E-state index in [-0.39, 0.29) is 11.9 Å². The van der Waals surface area contributed by atoms with Crippen LogP contribution in [-0.4, -0.2) is 61.0 Å². The van der Waals surface area contributed by atoms with E-state index in [1.165, 1.54) is 0 Å². The summed E-state index contributed by atoms with van der Waals surface area (Å²) in [6.45, 7) is 3.67. The van der Waals surface area contributed by atoms with Crippen molar-refractivity contribution in [3.63, 3.8) is 0 Å². The summed E-state index contributed by atoms with van der Waals surface area (Å²) in [5.74, 6) is 0.739. The Labute approximate surface area is 165 Å². The minimum atomic E-state index is -0.0915. The van der Waals surface area contributed by atoms with E-state index >= 15 is 0 Å². The first-order valence-electron chi connectivity index (χ1n) is 10.1. The lowest BCUT2D eigenvalue weighted by Crippen LogP contribution is -2.44. The van der Waals surface area contributed by atoms with Gasteiger partial charge >= 0.3 is 0 Å². The van der Waals surface area contributed by atoms with E-state index in [0.717, 1.165) is 61.3 Å². The number of ether oxygens (including phenoxy) is 2. The van der Waals surface area contributed by atoms with E-state index in [4.69, 9.17) is 9.47 Å². The Morgan fingerprint density at radius 2 is 2.00 bits per heavy atom. The summed E-state index contributed by atoms with van der Waals surface area (Å²) in [7, 11) is 1.67. The molecule has 7 heteroatoms. The number of nitrogens with one attached hydrogen (secondary N) is 2. The van der Waals surface area contributed by atoms with Gasteiger partial charge in [0.25, 0.3) is 5.91 Å². The number of amides is 1. The van der Waals surface area contributed by atoms with Crippen molar-refractivity contribution in [1.82, 2.24) is 20.4 Å². The molecule has 1 aromatic heterocycles. The standard InChI is InChI=1S/C21H28N4O3/c1-27-16-8-6-15(7-9-16)19(25-10-12-28-13-11-25)14-22-21(26)20-17-4-2-3-5-18(17)23-24-20/h6-9,19H,2-5,10-14H2,1H3,(H,22,26)(H,23,24). The highest BCUT2D eigenvalue weighted by molar-refractivity contribution is 5.94. The molecule has 1 fully saturated rings. The number of rotatable bonds is 6. The maximum Gasteiger partial charge on any atom is 0.272 e. The first kappa shape index (κ1) is 19.0. The maximum absolute atomic E-state index is 12.8. The van der Waals surface area contributed by atoms with Gasteiger partial charge in [-0.15, -0.1) is 0 Å². The lowest BCUT2D eigenvalue weighted by Gasteiger charge is -2.35. The van der Waals surface area contributed by atoms with Gasteiger partial charge in [-0.25, -0.2) is 0 Å². The highest BCUT2D eigenvalue weighted by atomic mass is 16.5. The molecule has 0 bridgehead atoms. The van der Waals surface area contributed by atoms with Gasteiger partial charge in [0.2, 0.25) is 0 Å². The van der Waals surface area contributed by atoms with Gasteiger partial charge in [0.05, 0.1) is 26.4 Å². The Bertz CT molecular complexity index is 796. The van der Waals surface area contributed by atoms with Gasteiger partial charge in [-0.3, -0.25) is 14.8 Å². The van der Waals surface area contributed by atoms with Gasteiger partial charge in [0.1, 0.15) is 5.75 Å². The zero-order valence-corrected chi connectivity index (χ0v) is 16.4. The molecule has 4 rings (SSSR count). The molecule has 2 aromatic rings. The number of morpholine rings is 1. The van der Waals surface area contributed by atoms with E-state index in [2.05, 4.69) is 32.5 Å². The number of carbonyl (C=O) groups excluding carboxylic acids is 1. The van der Waals surface area contributed by atoms with Crippen LogP contribution in [0.1, 0.15) is 46.2 Å². The van der Waals surface area contributed by atoms with Crippen molar-refractivity contribution in [1.29, 1.82) is 0 Å². The lowest BCUT2D eigenvalue weighted by molar-refractivity contribution is 0.0162. The van der Waals surface area contributed by atoms with Gasteiger partial charge in [-0.1, -0.05) is 12.1 Å². The topological polar surface area (TPSA) is 79.5 Å². The fourth-order valence-corrected chi connectivity index (χ4v) is 4.11. The van der Waals surface area contributed by atoms with Crippen molar-refractivity contribution < 1.29 is 14.3 Å². The van der Waals surface area contributed by atoms with Crippen LogP contribution in [0.15, 0.2) is 24.3 Å². The molecule has 1 unspecified atom stereocenters. The maximum atomic E-state index is 12.8. The molecule has 1 aromatic carbocycles. The molecule has 28 heavy (non-hydrogen) atoms. The summed E-state index contributed by atoms with van der Waals surface area (Å²) in [6, 6.07) is 8.17. The van der Waals surface area contributed by atoms with Crippen molar-refractivity contribution in [2.75, 3.05) is 40.0 Å². The number of hydrogen-bond acceptors (Lipinski definition) is 5. The Hall–Kier alpha value is -2.38.